The Hall–Kier alpha value is -0.448. The summed E-state index contributed by atoms with van der Waals surface area (Å²) in [6.45, 7) is 6.41. The average molecular weight is 193 g/mol. The van der Waals surface area contributed by atoms with Crippen LogP contribution in [0.5, 0.6) is 0 Å². The number of hydrogen-bond acceptors (Lipinski definition) is 1. The van der Waals surface area contributed by atoms with Crippen molar-refractivity contribution in [2.45, 2.75) is 33.6 Å². The molecule has 0 heterocycles. The molecule has 1 rings (SSSR count). The second-order valence-electron chi connectivity index (χ2n) is 3.20. The molecule has 0 amide bonds. The molecule has 2 heteroatoms. The Labute approximate surface area is 91.5 Å². The van der Waals surface area contributed by atoms with Gasteiger partial charge in [-0.15, -0.1) is 0 Å². The smallest absolute Gasteiger partial charge is 0.187 e. The first kappa shape index (κ1) is 12.6. The van der Waals surface area contributed by atoms with E-state index in [0.717, 1.165) is 18.5 Å². The number of nitrogen functional groups attached to an aromatic ring is 1. The van der Waals surface area contributed by atoms with E-state index in [1.165, 1.54) is 16.7 Å². The summed E-state index contributed by atoms with van der Waals surface area (Å²) < 4.78 is 0. The monoisotopic (exact) mass is 193 g/mol. The molecule has 0 aliphatic heterocycles. The highest BCUT2D eigenvalue weighted by Crippen LogP contribution is 2.20. The molecule has 2 N–H and O–H groups in total. The predicted octanol–water partition coefficient (Wildman–Crippen LogP) is 1.52. The van der Waals surface area contributed by atoms with Gasteiger partial charge in [-0.3, -0.25) is 0 Å². The van der Waals surface area contributed by atoms with Crippen molar-refractivity contribution in [1.82, 2.24) is 0 Å². The molecule has 0 fully saturated rings. The topological polar surface area (TPSA) is 26.0 Å². The van der Waals surface area contributed by atoms with Crippen molar-refractivity contribution in [3.05, 3.63) is 28.8 Å². The van der Waals surface area contributed by atoms with Gasteiger partial charge in [0.2, 0.25) is 0 Å². The van der Waals surface area contributed by atoms with Crippen molar-refractivity contribution in [1.29, 1.82) is 0 Å². The molecule has 0 unspecified atom stereocenters. The molecule has 0 saturated carbocycles. The molecule has 0 aromatic heterocycles. The van der Waals surface area contributed by atoms with Crippen LogP contribution in [0.25, 0.3) is 0 Å². The zero-order chi connectivity index (χ0) is 9.14. The third-order valence-corrected chi connectivity index (χ3v) is 2.26. The van der Waals surface area contributed by atoms with Crippen LogP contribution in [0.4, 0.5) is 5.69 Å². The molecule has 13 heavy (non-hydrogen) atoms. The molecule has 0 aliphatic carbocycles. The molecule has 0 saturated heterocycles. The van der Waals surface area contributed by atoms with Gasteiger partial charge < -0.3 is 5.73 Å². The van der Waals surface area contributed by atoms with Crippen LogP contribution in [-0.2, 0) is 12.8 Å². The maximum Gasteiger partial charge on any atom is 0.187 e. The van der Waals surface area contributed by atoms with Crippen LogP contribution >= 0.6 is 0 Å². The average Bonchev–Trinajstić information content (AvgIpc) is 2.08. The number of hydrogen-bond donors (Lipinski definition) is 1. The zero-order valence-electron chi connectivity index (χ0n) is 8.15. The summed E-state index contributed by atoms with van der Waals surface area (Å²) in [7, 11) is 0. The molecule has 0 atom stereocenters. The Bertz CT molecular complexity index is 256. The first-order chi connectivity index (χ1) is 5.69. The second-order valence-corrected chi connectivity index (χ2v) is 3.20. The molecule has 1 aromatic rings. The number of rotatable bonds is 2. The third kappa shape index (κ3) is 2.76. The van der Waals surface area contributed by atoms with E-state index in [9.17, 15) is 0 Å². The van der Waals surface area contributed by atoms with E-state index < -0.39 is 0 Å². The van der Waals surface area contributed by atoms with Gasteiger partial charge >= 0.3 is 0 Å². The van der Waals surface area contributed by atoms with E-state index in [1.807, 2.05) is 0 Å². The summed E-state index contributed by atoms with van der Waals surface area (Å²) in [6, 6.07) is 4.35. The summed E-state index contributed by atoms with van der Waals surface area (Å²) in [5.74, 6) is 0. The lowest BCUT2D eigenvalue weighted by Gasteiger charge is -2.09. The number of anilines is 1. The molecule has 72 valence electrons. The zero-order valence-corrected chi connectivity index (χ0v) is 8.15. The minimum Gasteiger partial charge on any atom is -0.398 e. The number of aryl methyl sites for hydroxylation is 3. The van der Waals surface area contributed by atoms with E-state index in [4.69, 9.17) is 5.73 Å². The highest BCUT2D eigenvalue weighted by molar-refractivity contribution is 5.75. The fourth-order valence-corrected chi connectivity index (χ4v) is 1.54. The summed E-state index contributed by atoms with van der Waals surface area (Å²) in [5, 5.41) is 0. The van der Waals surface area contributed by atoms with Gasteiger partial charge in [0.15, 0.2) is 17.4 Å². The quantitative estimate of drug-likeness (QED) is 0.559. The second kappa shape index (κ2) is 5.32. The molecule has 1 aromatic carbocycles. The van der Waals surface area contributed by atoms with E-state index in [-0.39, 0.29) is 17.4 Å². The SMILES string of the molecule is CCc1cc(C)cc(CC)c1N.[AlH3]. The minimum atomic E-state index is 0. The molecule has 0 aliphatic rings. The maximum atomic E-state index is 5.97. The number of benzene rings is 1. The largest absolute Gasteiger partial charge is 0.398 e. The van der Waals surface area contributed by atoms with Gasteiger partial charge in [0.1, 0.15) is 0 Å². The first-order valence-corrected chi connectivity index (χ1v) is 4.56. The van der Waals surface area contributed by atoms with E-state index in [2.05, 4.69) is 32.9 Å². The molecule has 0 radical (unpaired) electrons. The van der Waals surface area contributed by atoms with Gasteiger partial charge in [0, 0.05) is 5.69 Å². The summed E-state index contributed by atoms with van der Waals surface area (Å²) in [5.41, 5.74) is 10.9. The van der Waals surface area contributed by atoms with Crippen molar-refractivity contribution >= 4 is 23.0 Å². The minimum absolute atomic E-state index is 0. The Kier molecular flexibility index (Phi) is 5.14. The van der Waals surface area contributed by atoms with Crippen LogP contribution in [-0.4, -0.2) is 17.4 Å². The van der Waals surface area contributed by atoms with Crippen LogP contribution in [0.1, 0.15) is 30.5 Å². The van der Waals surface area contributed by atoms with E-state index in [0.29, 0.717) is 0 Å². The maximum absolute atomic E-state index is 5.97. The standard InChI is InChI=1S/C11H17N.Al.3H/c1-4-9-6-8(3)7-10(5-2)11(9)12;;;;/h6-7H,4-5,12H2,1-3H3;;;;. The number of nitrogens with two attached hydrogens (primary N) is 1. The molecular weight excluding hydrogens is 173 g/mol. The van der Waals surface area contributed by atoms with Crippen LogP contribution in [0.15, 0.2) is 12.1 Å². The molecule has 0 bridgehead atoms. The fourth-order valence-electron chi connectivity index (χ4n) is 1.54. The van der Waals surface area contributed by atoms with Gasteiger partial charge in [-0.25, -0.2) is 0 Å². The van der Waals surface area contributed by atoms with Crippen molar-refractivity contribution in [3.63, 3.8) is 0 Å². The van der Waals surface area contributed by atoms with Crippen molar-refractivity contribution in [2.24, 2.45) is 0 Å². The Balaban J connectivity index is 0.00000144. The molecular formula is C11H20AlN. The highest BCUT2D eigenvalue weighted by atomic mass is 27.0. The summed E-state index contributed by atoms with van der Waals surface area (Å²) >= 11 is 0. The summed E-state index contributed by atoms with van der Waals surface area (Å²) in [6.07, 6.45) is 2.06. The van der Waals surface area contributed by atoms with E-state index >= 15 is 0 Å². The summed E-state index contributed by atoms with van der Waals surface area (Å²) in [4.78, 5) is 0. The fraction of sp³-hybridized carbons (Fsp3) is 0.455. The highest BCUT2D eigenvalue weighted by Gasteiger charge is 2.02. The Morgan fingerprint density at radius 1 is 1.08 bits per heavy atom. The van der Waals surface area contributed by atoms with Crippen molar-refractivity contribution < 1.29 is 0 Å². The Morgan fingerprint density at radius 2 is 1.46 bits per heavy atom. The Morgan fingerprint density at radius 3 is 1.77 bits per heavy atom. The van der Waals surface area contributed by atoms with Crippen molar-refractivity contribution in [3.8, 4) is 0 Å². The lowest BCUT2D eigenvalue weighted by molar-refractivity contribution is 1.08. The lowest BCUT2D eigenvalue weighted by Crippen LogP contribution is -1.99. The van der Waals surface area contributed by atoms with Gasteiger partial charge in [-0.05, 0) is 30.9 Å². The van der Waals surface area contributed by atoms with Crippen molar-refractivity contribution in [2.75, 3.05) is 5.73 Å². The van der Waals surface area contributed by atoms with Gasteiger partial charge in [0.05, 0.1) is 0 Å². The lowest BCUT2D eigenvalue weighted by atomic mass is 10.0. The predicted molar refractivity (Wildman–Crippen MR) is 64.3 cm³/mol. The first-order valence-electron chi connectivity index (χ1n) is 4.56. The van der Waals surface area contributed by atoms with Crippen LogP contribution in [0, 0.1) is 6.92 Å². The van der Waals surface area contributed by atoms with Crippen LogP contribution < -0.4 is 5.73 Å². The molecule has 1 nitrogen and oxygen atoms in total. The van der Waals surface area contributed by atoms with Crippen LogP contribution in [0.2, 0.25) is 0 Å². The van der Waals surface area contributed by atoms with Gasteiger partial charge in [-0.1, -0.05) is 31.5 Å². The van der Waals surface area contributed by atoms with Gasteiger partial charge in [0.25, 0.3) is 0 Å². The normalized spacial score (nSPS) is 9.46. The third-order valence-electron chi connectivity index (χ3n) is 2.26. The van der Waals surface area contributed by atoms with Gasteiger partial charge in [-0.2, -0.15) is 0 Å². The van der Waals surface area contributed by atoms with E-state index in [1.54, 1.807) is 0 Å². The molecule has 0 spiro atoms. The van der Waals surface area contributed by atoms with Crippen LogP contribution in [0.3, 0.4) is 0 Å².